The number of nitrogens with one attached hydrogen (secondary N) is 1. The summed E-state index contributed by atoms with van der Waals surface area (Å²) in [6.45, 7) is 6.49. The van der Waals surface area contributed by atoms with Gasteiger partial charge < -0.3 is 14.6 Å². The Kier molecular flexibility index (Phi) is 4.79. The van der Waals surface area contributed by atoms with E-state index >= 15 is 0 Å². The minimum absolute atomic E-state index is 0.231. The average molecular weight is 274 g/mol. The molecule has 0 bridgehead atoms. The zero-order valence-corrected chi connectivity index (χ0v) is 12.3. The number of rotatable bonds is 6. The van der Waals surface area contributed by atoms with Crippen LogP contribution in [0.3, 0.4) is 0 Å². The van der Waals surface area contributed by atoms with E-state index in [0.29, 0.717) is 5.92 Å². The largest absolute Gasteiger partial charge is 0.468 e. The standard InChI is InChI=1S/C16H22N2O2/c1-12(2)9-17-10-13-5-4-6-15-14(13)7-8-18(15)11-16(19)20-3/h4-8,12,17H,9-11H2,1-3H3. The van der Waals surface area contributed by atoms with E-state index in [1.165, 1.54) is 18.1 Å². The molecule has 4 heteroatoms. The highest BCUT2D eigenvalue weighted by Crippen LogP contribution is 2.20. The van der Waals surface area contributed by atoms with Crippen LogP contribution in [0.25, 0.3) is 10.9 Å². The summed E-state index contributed by atoms with van der Waals surface area (Å²) in [5.74, 6) is 0.406. The number of benzene rings is 1. The molecular weight excluding hydrogens is 252 g/mol. The van der Waals surface area contributed by atoms with Crippen molar-refractivity contribution in [3.05, 3.63) is 36.0 Å². The van der Waals surface area contributed by atoms with Crippen LogP contribution in [0.15, 0.2) is 30.5 Å². The highest BCUT2D eigenvalue weighted by atomic mass is 16.5. The third-order valence-electron chi connectivity index (χ3n) is 3.30. The van der Waals surface area contributed by atoms with Gasteiger partial charge in [0.2, 0.25) is 0 Å². The third kappa shape index (κ3) is 3.39. The molecular formula is C16H22N2O2. The summed E-state index contributed by atoms with van der Waals surface area (Å²) in [5.41, 5.74) is 2.33. The topological polar surface area (TPSA) is 43.3 Å². The average Bonchev–Trinajstić information content (AvgIpc) is 2.82. The van der Waals surface area contributed by atoms with Crippen LogP contribution in [0.5, 0.6) is 0 Å². The molecule has 108 valence electrons. The van der Waals surface area contributed by atoms with Gasteiger partial charge in [0.15, 0.2) is 0 Å². The zero-order chi connectivity index (χ0) is 14.5. The fraction of sp³-hybridized carbons (Fsp3) is 0.438. The van der Waals surface area contributed by atoms with Gasteiger partial charge in [0.05, 0.1) is 7.11 Å². The first-order valence-corrected chi connectivity index (χ1v) is 6.96. The predicted molar refractivity (Wildman–Crippen MR) is 80.5 cm³/mol. The van der Waals surface area contributed by atoms with Crippen molar-refractivity contribution < 1.29 is 9.53 Å². The third-order valence-corrected chi connectivity index (χ3v) is 3.30. The summed E-state index contributed by atoms with van der Waals surface area (Å²) in [6, 6.07) is 8.25. The molecule has 1 aromatic carbocycles. The molecule has 0 aliphatic rings. The summed E-state index contributed by atoms with van der Waals surface area (Å²) in [5, 5.41) is 4.64. The molecule has 0 amide bonds. The fourth-order valence-electron chi connectivity index (χ4n) is 2.28. The van der Waals surface area contributed by atoms with E-state index in [0.717, 1.165) is 18.6 Å². The fourth-order valence-corrected chi connectivity index (χ4v) is 2.28. The summed E-state index contributed by atoms with van der Waals surface area (Å²) in [7, 11) is 1.41. The number of fused-ring (bicyclic) bond motifs is 1. The number of aromatic nitrogens is 1. The summed E-state index contributed by atoms with van der Waals surface area (Å²) in [4.78, 5) is 11.4. The highest BCUT2D eigenvalue weighted by Gasteiger charge is 2.08. The van der Waals surface area contributed by atoms with Crippen LogP contribution >= 0.6 is 0 Å². The molecule has 0 aliphatic heterocycles. The maximum atomic E-state index is 11.4. The minimum atomic E-state index is -0.231. The Morgan fingerprint density at radius 2 is 2.15 bits per heavy atom. The molecule has 0 fully saturated rings. The molecule has 0 radical (unpaired) electrons. The monoisotopic (exact) mass is 274 g/mol. The Hall–Kier alpha value is -1.81. The molecule has 0 atom stereocenters. The molecule has 2 aromatic rings. The van der Waals surface area contributed by atoms with Crippen molar-refractivity contribution in [3.8, 4) is 0 Å². The van der Waals surface area contributed by atoms with E-state index in [1.54, 1.807) is 0 Å². The first-order chi connectivity index (χ1) is 9.61. The molecule has 2 rings (SSSR count). The van der Waals surface area contributed by atoms with Crippen LogP contribution in [0, 0.1) is 5.92 Å². The van der Waals surface area contributed by atoms with E-state index in [-0.39, 0.29) is 12.5 Å². The van der Waals surface area contributed by atoms with Crippen LogP contribution in [0.4, 0.5) is 0 Å². The lowest BCUT2D eigenvalue weighted by molar-refractivity contribution is -0.141. The first kappa shape index (κ1) is 14.6. The molecule has 0 saturated carbocycles. The number of hydrogen-bond acceptors (Lipinski definition) is 3. The molecule has 0 aliphatic carbocycles. The van der Waals surface area contributed by atoms with Gasteiger partial charge in [0.1, 0.15) is 6.54 Å². The Balaban J connectivity index is 2.19. The number of esters is 1. The Morgan fingerprint density at radius 3 is 2.85 bits per heavy atom. The zero-order valence-electron chi connectivity index (χ0n) is 12.3. The second-order valence-electron chi connectivity index (χ2n) is 5.39. The van der Waals surface area contributed by atoms with Gasteiger partial charge in [-0.25, -0.2) is 0 Å². The number of carbonyl (C=O) groups is 1. The summed E-state index contributed by atoms with van der Waals surface area (Å²) in [6.07, 6.45) is 1.94. The summed E-state index contributed by atoms with van der Waals surface area (Å²) >= 11 is 0. The van der Waals surface area contributed by atoms with Gasteiger partial charge in [-0.15, -0.1) is 0 Å². The number of nitrogens with zero attached hydrogens (tertiary/aromatic N) is 1. The molecule has 1 heterocycles. The lowest BCUT2D eigenvalue weighted by Crippen LogP contribution is -2.19. The van der Waals surface area contributed by atoms with Crippen molar-refractivity contribution in [1.29, 1.82) is 0 Å². The van der Waals surface area contributed by atoms with Gasteiger partial charge in [-0.05, 0) is 30.2 Å². The van der Waals surface area contributed by atoms with Gasteiger partial charge in [-0.1, -0.05) is 26.0 Å². The Labute approximate surface area is 119 Å². The minimum Gasteiger partial charge on any atom is -0.468 e. The van der Waals surface area contributed by atoms with Crippen LogP contribution in [-0.2, 0) is 22.6 Å². The van der Waals surface area contributed by atoms with Crippen LogP contribution in [0.1, 0.15) is 19.4 Å². The molecule has 1 aromatic heterocycles. The smallest absolute Gasteiger partial charge is 0.325 e. The van der Waals surface area contributed by atoms with Gasteiger partial charge in [0, 0.05) is 23.6 Å². The molecule has 0 spiro atoms. The van der Waals surface area contributed by atoms with E-state index < -0.39 is 0 Å². The number of ether oxygens (including phenoxy) is 1. The maximum absolute atomic E-state index is 11.4. The lowest BCUT2D eigenvalue weighted by atomic mass is 10.1. The lowest BCUT2D eigenvalue weighted by Gasteiger charge is -2.09. The Morgan fingerprint density at radius 1 is 1.35 bits per heavy atom. The van der Waals surface area contributed by atoms with Gasteiger partial charge in [-0.3, -0.25) is 4.79 Å². The number of carbonyl (C=O) groups excluding carboxylic acids is 1. The first-order valence-electron chi connectivity index (χ1n) is 6.96. The van der Waals surface area contributed by atoms with E-state index in [2.05, 4.69) is 31.3 Å². The van der Waals surface area contributed by atoms with Crippen molar-refractivity contribution in [3.63, 3.8) is 0 Å². The predicted octanol–water partition coefficient (Wildman–Crippen LogP) is 2.56. The quantitative estimate of drug-likeness (QED) is 0.823. The van der Waals surface area contributed by atoms with Crippen LogP contribution in [0.2, 0.25) is 0 Å². The molecule has 4 nitrogen and oxygen atoms in total. The van der Waals surface area contributed by atoms with E-state index in [1.807, 2.05) is 22.9 Å². The maximum Gasteiger partial charge on any atom is 0.325 e. The normalized spacial score (nSPS) is 11.2. The second-order valence-corrected chi connectivity index (χ2v) is 5.39. The van der Waals surface area contributed by atoms with Crippen molar-refractivity contribution in [2.75, 3.05) is 13.7 Å². The van der Waals surface area contributed by atoms with Crippen molar-refractivity contribution in [2.45, 2.75) is 26.9 Å². The molecule has 0 unspecified atom stereocenters. The van der Waals surface area contributed by atoms with Crippen molar-refractivity contribution >= 4 is 16.9 Å². The molecule has 1 N–H and O–H groups in total. The number of hydrogen-bond donors (Lipinski definition) is 1. The molecule has 20 heavy (non-hydrogen) atoms. The SMILES string of the molecule is COC(=O)Cn1ccc2c(CNCC(C)C)cccc21. The van der Waals surface area contributed by atoms with E-state index in [4.69, 9.17) is 4.74 Å². The van der Waals surface area contributed by atoms with Gasteiger partial charge in [-0.2, -0.15) is 0 Å². The van der Waals surface area contributed by atoms with Crippen LogP contribution in [-0.4, -0.2) is 24.2 Å². The second kappa shape index (κ2) is 6.57. The van der Waals surface area contributed by atoms with Gasteiger partial charge >= 0.3 is 5.97 Å². The number of methoxy groups -OCH3 is 1. The van der Waals surface area contributed by atoms with Crippen molar-refractivity contribution in [1.82, 2.24) is 9.88 Å². The van der Waals surface area contributed by atoms with E-state index in [9.17, 15) is 4.79 Å². The highest BCUT2D eigenvalue weighted by molar-refractivity contribution is 5.85. The van der Waals surface area contributed by atoms with Crippen LogP contribution < -0.4 is 5.32 Å². The van der Waals surface area contributed by atoms with Crippen molar-refractivity contribution in [2.24, 2.45) is 5.92 Å². The Bertz CT molecular complexity index is 587. The summed E-state index contributed by atoms with van der Waals surface area (Å²) < 4.78 is 6.65. The molecule has 0 saturated heterocycles. The van der Waals surface area contributed by atoms with Gasteiger partial charge in [0.25, 0.3) is 0 Å².